The molecule has 6 nitrogen and oxygen atoms in total. The lowest BCUT2D eigenvalue weighted by Gasteiger charge is -2.11. The maximum atomic E-state index is 11.9. The summed E-state index contributed by atoms with van der Waals surface area (Å²) in [6.45, 7) is 3.70. The third-order valence-corrected chi connectivity index (χ3v) is 5.51. The normalized spacial score (nSPS) is 19.5. The Morgan fingerprint density at radius 1 is 1.26 bits per heavy atom. The van der Waals surface area contributed by atoms with E-state index < -0.39 is 34.4 Å². The molecule has 1 atom stereocenters. The summed E-state index contributed by atoms with van der Waals surface area (Å²) in [6.07, 6.45) is 0.401. The van der Waals surface area contributed by atoms with Crippen LogP contribution < -0.4 is 5.32 Å². The molecule has 1 saturated heterocycles. The maximum absolute atomic E-state index is 11.9. The summed E-state index contributed by atoms with van der Waals surface area (Å²) in [7, 11) is -3.05. The summed E-state index contributed by atoms with van der Waals surface area (Å²) in [5.74, 6) is -0.661. The predicted molar refractivity (Wildman–Crippen MR) is 86.0 cm³/mol. The van der Waals surface area contributed by atoms with Crippen LogP contribution >= 0.6 is 0 Å². The molecule has 1 aliphatic heterocycles. The number of hydrogen-bond acceptors (Lipinski definition) is 5. The van der Waals surface area contributed by atoms with E-state index in [1.165, 1.54) is 0 Å². The number of esters is 1. The van der Waals surface area contributed by atoms with Gasteiger partial charge in [0.1, 0.15) is 0 Å². The number of amides is 1. The van der Waals surface area contributed by atoms with Gasteiger partial charge in [-0.2, -0.15) is 0 Å². The molecule has 23 heavy (non-hydrogen) atoms. The van der Waals surface area contributed by atoms with Gasteiger partial charge in [0.15, 0.2) is 16.4 Å². The standard InChI is InChI=1S/C16H21NO5S/c1-11(2)12-3-5-13(6-4-12)16(19)22-9-15(18)17-14-7-8-23(20,21)10-14/h3-6,11,14H,7-10H2,1-2H3,(H,17,18). The van der Waals surface area contributed by atoms with Crippen LogP contribution in [0, 0.1) is 0 Å². The maximum Gasteiger partial charge on any atom is 0.338 e. The molecule has 2 rings (SSSR count). The van der Waals surface area contributed by atoms with Gasteiger partial charge >= 0.3 is 5.97 Å². The number of carbonyl (C=O) groups is 2. The zero-order chi connectivity index (χ0) is 17.0. The van der Waals surface area contributed by atoms with Crippen LogP contribution in [-0.4, -0.2) is 44.4 Å². The zero-order valence-electron chi connectivity index (χ0n) is 13.2. The van der Waals surface area contributed by atoms with Crippen molar-refractivity contribution in [3.8, 4) is 0 Å². The van der Waals surface area contributed by atoms with E-state index in [9.17, 15) is 18.0 Å². The fraction of sp³-hybridized carbons (Fsp3) is 0.500. The van der Waals surface area contributed by atoms with Crippen molar-refractivity contribution in [2.45, 2.75) is 32.2 Å². The zero-order valence-corrected chi connectivity index (χ0v) is 14.1. The van der Waals surface area contributed by atoms with Gasteiger partial charge in [-0.15, -0.1) is 0 Å². The van der Waals surface area contributed by atoms with Gasteiger partial charge in [-0.3, -0.25) is 4.79 Å². The van der Waals surface area contributed by atoms with Gasteiger partial charge in [0.05, 0.1) is 17.1 Å². The van der Waals surface area contributed by atoms with E-state index in [-0.39, 0.29) is 11.5 Å². The first kappa shape index (κ1) is 17.5. The van der Waals surface area contributed by atoms with E-state index in [4.69, 9.17) is 4.74 Å². The monoisotopic (exact) mass is 339 g/mol. The predicted octanol–water partition coefficient (Wildman–Crippen LogP) is 1.27. The second-order valence-corrected chi connectivity index (χ2v) is 8.25. The third-order valence-electron chi connectivity index (χ3n) is 3.74. The minimum absolute atomic E-state index is 0.0522. The molecular weight excluding hydrogens is 318 g/mol. The van der Waals surface area contributed by atoms with Crippen molar-refractivity contribution in [2.75, 3.05) is 18.1 Å². The van der Waals surface area contributed by atoms with Crippen molar-refractivity contribution >= 4 is 21.7 Å². The third kappa shape index (κ3) is 5.06. The largest absolute Gasteiger partial charge is 0.452 e. The van der Waals surface area contributed by atoms with Gasteiger partial charge in [0.2, 0.25) is 0 Å². The molecule has 0 saturated carbocycles. The Labute approximate surface area is 136 Å². The van der Waals surface area contributed by atoms with E-state index in [0.29, 0.717) is 17.9 Å². The van der Waals surface area contributed by atoms with E-state index >= 15 is 0 Å². The lowest BCUT2D eigenvalue weighted by atomic mass is 10.0. The Morgan fingerprint density at radius 3 is 2.43 bits per heavy atom. The summed E-state index contributed by atoms with van der Waals surface area (Å²) in [5.41, 5.74) is 1.49. The van der Waals surface area contributed by atoms with Crippen LogP contribution in [0.3, 0.4) is 0 Å². The molecule has 1 aromatic rings. The molecule has 7 heteroatoms. The Balaban J connectivity index is 1.81. The summed E-state index contributed by atoms with van der Waals surface area (Å²) in [5, 5.41) is 2.57. The number of carbonyl (C=O) groups excluding carboxylic acids is 2. The second kappa shape index (κ2) is 7.12. The number of nitrogens with one attached hydrogen (secondary N) is 1. The van der Waals surface area contributed by atoms with Crippen molar-refractivity contribution in [1.82, 2.24) is 5.32 Å². The highest BCUT2D eigenvalue weighted by Gasteiger charge is 2.29. The molecular formula is C16H21NO5S. The second-order valence-electron chi connectivity index (χ2n) is 6.02. The molecule has 0 spiro atoms. The van der Waals surface area contributed by atoms with Crippen molar-refractivity contribution in [3.63, 3.8) is 0 Å². The van der Waals surface area contributed by atoms with Crippen LogP contribution in [0.4, 0.5) is 0 Å². The first-order chi connectivity index (χ1) is 10.8. The molecule has 0 radical (unpaired) electrons. The lowest BCUT2D eigenvalue weighted by molar-refractivity contribution is -0.124. The van der Waals surface area contributed by atoms with Crippen LogP contribution in [0.2, 0.25) is 0 Å². The van der Waals surface area contributed by atoms with Gasteiger partial charge in [0.25, 0.3) is 5.91 Å². The molecule has 1 unspecified atom stereocenters. The molecule has 1 aromatic carbocycles. The first-order valence-electron chi connectivity index (χ1n) is 7.54. The number of ether oxygens (including phenoxy) is 1. The number of hydrogen-bond donors (Lipinski definition) is 1. The molecule has 1 aliphatic rings. The Kier molecular flexibility index (Phi) is 5.41. The quantitative estimate of drug-likeness (QED) is 0.816. The molecule has 1 heterocycles. The highest BCUT2D eigenvalue weighted by Crippen LogP contribution is 2.15. The van der Waals surface area contributed by atoms with Crippen molar-refractivity contribution in [2.24, 2.45) is 0 Å². The summed E-state index contributed by atoms with van der Waals surface area (Å²) < 4.78 is 27.6. The molecule has 126 valence electrons. The van der Waals surface area contributed by atoms with E-state index in [1.54, 1.807) is 12.1 Å². The number of sulfone groups is 1. The molecule has 1 amide bonds. The average Bonchev–Trinajstić information content (AvgIpc) is 2.83. The minimum atomic E-state index is -3.05. The Morgan fingerprint density at radius 2 is 1.91 bits per heavy atom. The molecule has 0 aliphatic carbocycles. The Hall–Kier alpha value is -1.89. The van der Waals surface area contributed by atoms with Crippen LogP contribution in [0.15, 0.2) is 24.3 Å². The minimum Gasteiger partial charge on any atom is -0.452 e. The Bertz CT molecular complexity index is 679. The lowest BCUT2D eigenvalue weighted by Crippen LogP contribution is -2.38. The molecule has 0 aromatic heterocycles. The molecule has 0 bridgehead atoms. The SMILES string of the molecule is CC(C)c1ccc(C(=O)OCC(=O)NC2CCS(=O)(=O)C2)cc1. The van der Waals surface area contributed by atoms with E-state index in [2.05, 4.69) is 19.2 Å². The van der Waals surface area contributed by atoms with Crippen LogP contribution in [0.25, 0.3) is 0 Å². The summed E-state index contributed by atoms with van der Waals surface area (Å²) >= 11 is 0. The van der Waals surface area contributed by atoms with Gasteiger partial charge in [-0.25, -0.2) is 13.2 Å². The van der Waals surface area contributed by atoms with Crippen molar-refractivity contribution < 1.29 is 22.7 Å². The number of rotatable bonds is 5. The highest BCUT2D eigenvalue weighted by atomic mass is 32.2. The number of benzene rings is 1. The average molecular weight is 339 g/mol. The summed E-state index contributed by atoms with van der Waals surface area (Å²) in [6, 6.07) is 6.64. The smallest absolute Gasteiger partial charge is 0.338 e. The van der Waals surface area contributed by atoms with E-state index in [1.807, 2.05) is 12.1 Å². The molecule has 1 N–H and O–H groups in total. The highest BCUT2D eigenvalue weighted by molar-refractivity contribution is 7.91. The summed E-state index contributed by atoms with van der Waals surface area (Å²) in [4.78, 5) is 23.6. The van der Waals surface area contributed by atoms with Gasteiger partial charge in [-0.1, -0.05) is 26.0 Å². The molecule has 1 fully saturated rings. The first-order valence-corrected chi connectivity index (χ1v) is 9.36. The van der Waals surface area contributed by atoms with Gasteiger partial charge in [-0.05, 0) is 30.0 Å². The van der Waals surface area contributed by atoms with E-state index in [0.717, 1.165) is 5.56 Å². The topological polar surface area (TPSA) is 89.5 Å². The van der Waals surface area contributed by atoms with Crippen LogP contribution in [-0.2, 0) is 19.4 Å². The van der Waals surface area contributed by atoms with Gasteiger partial charge in [0, 0.05) is 6.04 Å². The van der Waals surface area contributed by atoms with Crippen LogP contribution in [0.1, 0.15) is 42.1 Å². The van der Waals surface area contributed by atoms with Crippen molar-refractivity contribution in [3.05, 3.63) is 35.4 Å². The van der Waals surface area contributed by atoms with Crippen LogP contribution in [0.5, 0.6) is 0 Å². The van der Waals surface area contributed by atoms with Crippen molar-refractivity contribution in [1.29, 1.82) is 0 Å². The fourth-order valence-electron chi connectivity index (χ4n) is 2.40. The van der Waals surface area contributed by atoms with Gasteiger partial charge < -0.3 is 10.1 Å². The fourth-order valence-corrected chi connectivity index (χ4v) is 4.07.